The Morgan fingerprint density at radius 3 is 2.31 bits per heavy atom. The molecule has 1 unspecified atom stereocenters. The summed E-state index contributed by atoms with van der Waals surface area (Å²) in [6, 6.07) is 16.2. The number of amides is 1. The number of carbonyl (C=O) groups is 1. The smallest absolute Gasteiger partial charge is 0.223 e. The third-order valence-corrected chi connectivity index (χ3v) is 4.71. The first-order valence-electron chi connectivity index (χ1n) is 9.13. The van der Waals surface area contributed by atoms with Gasteiger partial charge in [-0.15, -0.1) is 0 Å². The summed E-state index contributed by atoms with van der Waals surface area (Å²) in [6.45, 7) is 4.88. The molecule has 0 aliphatic rings. The number of hydrogen-bond donors (Lipinski definition) is 0. The van der Waals surface area contributed by atoms with E-state index >= 15 is 0 Å². The number of benzene rings is 2. The highest BCUT2D eigenvalue weighted by Crippen LogP contribution is 2.28. The van der Waals surface area contributed by atoms with Crippen molar-refractivity contribution in [3.05, 3.63) is 59.7 Å². The van der Waals surface area contributed by atoms with Crippen LogP contribution in [0.15, 0.2) is 48.5 Å². The molecule has 2 aromatic carbocycles. The van der Waals surface area contributed by atoms with Gasteiger partial charge in [0, 0.05) is 19.0 Å². The Morgan fingerprint density at radius 2 is 1.69 bits per heavy atom. The summed E-state index contributed by atoms with van der Waals surface area (Å²) >= 11 is 0. The molecule has 26 heavy (non-hydrogen) atoms. The number of methoxy groups -OCH3 is 2. The normalized spacial score (nSPS) is 11.7. The number of aryl methyl sites for hydroxylation is 1. The van der Waals surface area contributed by atoms with Crippen molar-refractivity contribution in [2.45, 2.75) is 45.7 Å². The summed E-state index contributed by atoms with van der Waals surface area (Å²) in [5.74, 6) is 1.58. The molecule has 0 aliphatic heterocycles. The van der Waals surface area contributed by atoms with Gasteiger partial charge in [-0.05, 0) is 43.0 Å². The largest absolute Gasteiger partial charge is 0.493 e. The number of rotatable bonds is 9. The SMILES string of the molecule is CCC(C)N(Cc1ccccc1)C(=O)CCc1ccc(OC)c(OC)c1. The zero-order valence-corrected chi connectivity index (χ0v) is 16.2. The number of nitrogens with zero attached hydrogens (tertiary/aromatic N) is 1. The molecule has 0 radical (unpaired) electrons. The predicted molar refractivity (Wildman–Crippen MR) is 105 cm³/mol. The molecule has 0 heterocycles. The highest BCUT2D eigenvalue weighted by Gasteiger charge is 2.19. The first-order chi connectivity index (χ1) is 12.6. The van der Waals surface area contributed by atoms with Crippen molar-refractivity contribution in [3.8, 4) is 11.5 Å². The van der Waals surface area contributed by atoms with Gasteiger partial charge in [-0.25, -0.2) is 0 Å². The van der Waals surface area contributed by atoms with Crippen LogP contribution in [0.25, 0.3) is 0 Å². The van der Waals surface area contributed by atoms with Gasteiger partial charge < -0.3 is 14.4 Å². The van der Waals surface area contributed by atoms with Gasteiger partial charge in [0.05, 0.1) is 14.2 Å². The lowest BCUT2D eigenvalue weighted by Crippen LogP contribution is -2.37. The Bertz CT molecular complexity index is 700. The maximum absolute atomic E-state index is 12.9. The number of hydrogen-bond acceptors (Lipinski definition) is 3. The monoisotopic (exact) mass is 355 g/mol. The van der Waals surface area contributed by atoms with Crippen molar-refractivity contribution in [1.82, 2.24) is 4.90 Å². The molecule has 0 aromatic heterocycles. The Hall–Kier alpha value is -2.49. The van der Waals surface area contributed by atoms with Crippen LogP contribution in [-0.4, -0.2) is 31.1 Å². The van der Waals surface area contributed by atoms with Crippen molar-refractivity contribution < 1.29 is 14.3 Å². The van der Waals surface area contributed by atoms with Crippen LogP contribution >= 0.6 is 0 Å². The van der Waals surface area contributed by atoms with E-state index in [0.717, 1.165) is 17.5 Å². The van der Waals surface area contributed by atoms with E-state index in [1.54, 1.807) is 14.2 Å². The second-order valence-corrected chi connectivity index (χ2v) is 6.45. The molecule has 1 amide bonds. The van der Waals surface area contributed by atoms with E-state index < -0.39 is 0 Å². The highest BCUT2D eigenvalue weighted by atomic mass is 16.5. The quantitative estimate of drug-likeness (QED) is 0.666. The van der Waals surface area contributed by atoms with Gasteiger partial charge in [-0.3, -0.25) is 4.79 Å². The van der Waals surface area contributed by atoms with Crippen LogP contribution in [0.5, 0.6) is 11.5 Å². The Labute approximate surface area is 156 Å². The molecule has 4 heteroatoms. The van der Waals surface area contributed by atoms with E-state index in [2.05, 4.69) is 26.0 Å². The summed E-state index contributed by atoms with van der Waals surface area (Å²) < 4.78 is 10.6. The fraction of sp³-hybridized carbons (Fsp3) is 0.409. The predicted octanol–water partition coefficient (Wildman–Crippen LogP) is 4.46. The minimum atomic E-state index is 0.179. The number of ether oxygens (including phenoxy) is 2. The van der Waals surface area contributed by atoms with Crippen molar-refractivity contribution in [1.29, 1.82) is 0 Å². The molecular weight excluding hydrogens is 326 g/mol. The number of carbonyl (C=O) groups excluding carboxylic acids is 1. The Kier molecular flexibility index (Phi) is 7.52. The standard InChI is InChI=1S/C22H29NO3/c1-5-17(2)23(16-19-9-7-6-8-10-19)22(24)14-12-18-11-13-20(25-3)21(15-18)26-4/h6-11,13,15,17H,5,12,14,16H2,1-4H3. The molecule has 4 nitrogen and oxygen atoms in total. The molecule has 140 valence electrons. The van der Waals surface area contributed by atoms with Crippen LogP contribution in [0.3, 0.4) is 0 Å². The van der Waals surface area contributed by atoms with E-state index in [1.807, 2.05) is 41.3 Å². The molecule has 0 aliphatic carbocycles. The van der Waals surface area contributed by atoms with Gasteiger partial charge >= 0.3 is 0 Å². The second-order valence-electron chi connectivity index (χ2n) is 6.45. The minimum Gasteiger partial charge on any atom is -0.493 e. The fourth-order valence-corrected chi connectivity index (χ4v) is 2.92. The third kappa shape index (κ3) is 5.25. The lowest BCUT2D eigenvalue weighted by molar-refractivity contribution is -0.134. The van der Waals surface area contributed by atoms with Crippen LogP contribution in [0.2, 0.25) is 0 Å². The molecule has 2 rings (SSSR count). The molecule has 0 N–H and O–H groups in total. The topological polar surface area (TPSA) is 38.8 Å². The molecule has 0 spiro atoms. The van der Waals surface area contributed by atoms with Crippen molar-refractivity contribution in [2.75, 3.05) is 14.2 Å². The molecule has 1 atom stereocenters. The summed E-state index contributed by atoms with van der Waals surface area (Å²) in [4.78, 5) is 14.9. The zero-order valence-electron chi connectivity index (χ0n) is 16.2. The molecule has 0 saturated heterocycles. The average Bonchev–Trinajstić information content (AvgIpc) is 2.70. The molecular formula is C22H29NO3. The van der Waals surface area contributed by atoms with E-state index in [0.29, 0.717) is 30.9 Å². The molecule has 0 saturated carbocycles. The van der Waals surface area contributed by atoms with E-state index in [-0.39, 0.29) is 11.9 Å². The van der Waals surface area contributed by atoms with E-state index in [1.165, 1.54) is 0 Å². The first-order valence-corrected chi connectivity index (χ1v) is 9.13. The van der Waals surface area contributed by atoms with Gasteiger partial charge in [0.2, 0.25) is 5.91 Å². The molecule has 0 bridgehead atoms. The Morgan fingerprint density at radius 1 is 1.00 bits per heavy atom. The van der Waals surface area contributed by atoms with Gasteiger partial charge in [-0.1, -0.05) is 43.3 Å². The highest BCUT2D eigenvalue weighted by molar-refractivity contribution is 5.76. The minimum absolute atomic E-state index is 0.179. The van der Waals surface area contributed by atoms with Crippen LogP contribution < -0.4 is 9.47 Å². The van der Waals surface area contributed by atoms with Gasteiger partial charge in [-0.2, -0.15) is 0 Å². The van der Waals surface area contributed by atoms with E-state index in [4.69, 9.17) is 9.47 Å². The van der Waals surface area contributed by atoms with Crippen LogP contribution in [0.4, 0.5) is 0 Å². The lowest BCUT2D eigenvalue weighted by atomic mass is 10.1. The summed E-state index contributed by atoms with van der Waals surface area (Å²) in [5, 5.41) is 0. The maximum atomic E-state index is 12.9. The van der Waals surface area contributed by atoms with Gasteiger partial charge in [0.25, 0.3) is 0 Å². The lowest BCUT2D eigenvalue weighted by Gasteiger charge is -2.29. The molecule has 0 fully saturated rings. The summed E-state index contributed by atoms with van der Waals surface area (Å²) in [6.07, 6.45) is 2.10. The van der Waals surface area contributed by atoms with E-state index in [9.17, 15) is 4.79 Å². The van der Waals surface area contributed by atoms with Crippen molar-refractivity contribution >= 4 is 5.91 Å². The van der Waals surface area contributed by atoms with Gasteiger partial charge in [0.1, 0.15) is 0 Å². The second kappa shape index (κ2) is 9.85. The van der Waals surface area contributed by atoms with Crippen molar-refractivity contribution in [3.63, 3.8) is 0 Å². The Balaban J connectivity index is 2.05. The zero-order chi connectivity index (χ0) is 18.9. The first kappa shape index (κ1) is 19.8. The van der Waals surface area contributed by atoms with Crippen molar-refractivity contribution in [2.24, 2.45) is 0 Å². The molecule has 2 aromatic rings. The summed E-state index contributed by atoms with van der Waals surface area (Å²) in [5.41, 5.74) is 2.23. The fourth-order valence-electron chi connectivity index (χ4n) is 2.92. The van der Waals surface area contributed by atoms with Crippen LogP contribution in [0.1, 0.15) is 37.8 Å². The van der Waals surface area contributed by atoms with Gasteiger partial charge in [0.15, 0.2) is 11.5 Å². The van der Waals surface area contributed by atoms with Crippen LogP contribution in [0, 0.1) is 0 Å². The third-order valence-electron chi connectivity index (χ3n) is 4.71. The average molecular weight is 355 g/mol. The summed E-state index contributed by atoms with van der Waals surface area (Å²) in [7, 11) is 3.24. The van der Waals surface area contributed by atoms with Crippen LogP contribution in [-0.2, 0) is 17.8 Å². The maximum Gasteiger partial charge on any atom is 0.223 e.